The fourth-order valence-electron chi connectivity index (χ4n) is 4.24. The molecule has 3 aromatic rings. The van der Waals surface area contributed by atoms with Gasteiger partial charge in [0.25, 0.3) is 0 Å². The monoisotopic (exact) mass is 489 g/mol. The molecule has 0 amide bonds. The van der Waals surface area contributed by atoms with E-state index in [1.54, 1.807) is 18.5 Å². The van der Waals surface area contributed by atoms with E-state index in [1.807, 2.05) is 46.9 Å². The molecule has 1 N–H and O–H groups in total. The lowest BCUT2D eigenvalue weighted by atomic mass is 9.99. The number of nitriles is 1. The minimum atomic E-state index is -4.35. The highest BCUT2D eigenvalue weighted by Crippen LogP contribution is 2.30. The van der Waals surface area contributed by atoms with E-state index in [4.69, 9.17) is 10.7 Å². The third kappa shape index (κ3) is 5.41. The van der Waals surface area contributed by atoms with Gasteiger partial charge in [-0.3, -0.25) is 5.41 Å². The lowest BCUT2D eigenvalue weighted by Gasteiger charge is -2.25. The van der Waals surface area contributed by atoms with Crippen molar-refractivity contribution in [3.63, 3.8) is 0 Å². The van der Waals surface area contributed by atoms with Crippen LogP contribution in [0.1, 0.15) is 60.7 Å². The van der Waals surface area contributed by atoms with Gasteiger partial charge in [0.05, 0.1) is 22.9 Å². The SMILES string of the molecule is CC(=Cc1ccc(C(F)(F)F)cc1)CCN1C=CCC(C)c2c(ncn2-c2ccc(C#N)cc2)C1=N. The third-order valence-corrected chi connectivity index (χ3v) is 6.23. The minimum absolute atomic E-state index is 0.137. The number of rotatable bonds is 5. The van der Waals surface area contributed by atoms with Crippen molar-refractivity contribution in [1.82, 2.24) is 14.5 Å². The van der Waals surface area contributed by atoms with Gasteiger partial charge in [0.15, 0.2) is 5.84 Å². The Labute approximate surface area is 208 Å². The molecular formula is C28H26F3N5. The molecule has 0 radical (unpaired) electrons. The topological polar surface area (TPSA) is 68.7 Å². The number of allylic oxidation sites excluding steroid dienone is 1. The maximum Gasteiger partial charge on any atom is 0.416 e. The van der Waals surface area contributed by atoms with E-state index >= 15 is 0 Å². The Morgan fingerprint density at radius 1 is 1.17 bits per heavy atom. The standard InChI is InChI=1S/C28H26F3N5/c1-19(16-21-5-9-23(10-6-21)28(29,30)31)13-15-35-14-3-4-20(2)26-25(27(35)33)34-18-36(26)24-11-7-22(17-32)8-12-24/h3,5-12,14,16,18,20,33H,4,13,15H2,1-2H3. The van der Waals surface area contributed by atoms with Crippen molar-refractivity contribution in [2.75, 3.05) is 6.54 Å². The summed E-state index contributed by atoms with van der Waals surface area (Å²) in [6.45, 7) is 4.57. The number of aromatic nitrogens is 2. The first-order valence-electron chi connectivity index (χ1n) is 11.6. The molecule has 2 aromatic carbocycles. The lowest BCUT2D eigenvalue weighted by molar-refractivity contribution is -0.137. The van der Waals surface area contributed by atoms with Crippen LogP contribution in [0.25, 0.3) is 11.8 Å². The summed E-state index contributed by atoms with van der Waals surface area (Å²) >= 11 is 0. The first-order chi connectivity index (χ1) is 17.2. The molecule has 5 nitrogen and oxygen atoms in total. The van der Waals surface area contributed by atoms with E-state index in [-0.39, 0.29) is 5.92 Å². The van der Waals surface area contributed by atoms with Crippen LogP contribution in [0, 0.1) is 16.7 Å². The number of hydrogen-bond acceptors (Lipinski definition) is 3. The zero-order chi connectivity index (χ0) is 25.9. The second-order valence-electron chi connectivity index (χ2n) is 8.93. The highest BCUT2D eigenvalue weighted by atomic mass is 19.4. The van der Waals surface area contributed by atoms with Gasteiger partial charge >= 0.3 is 6.18 Å². The summed E-state index contributed by atoms with van der Waals surface area (Å²) in [5.41, 5.74) is 4.05. The Kier molecular flexibility index (Phi) is 7.11. The Morgan fingerprint density at radius 2 is 1.86 bits per heavy atom. The van der Waals surface area contributed by atoms with Crippen LogP contribution in [0.15, 0.2) is 72.7 Å². The molecule has 184 valence electrons. The molecular weight excluding hydrogens is 463 g/mol. The fraction of sp³-hybridized carbons (Fsp3) is 0.250. The van der Waals surface area contributed by atoms with E-state index in [0.29, 0.717) is 35.6 Å². The Balaban J connectivity index is 1.51. The number of benzene rings is 2. The van der Waals surface area contributed by atoms with Gasteiger partial charge in [-0.1, -0.05) is 36.8 Å². The number of amidine groups is 1. The first kappa shape index (κ1) is 25.0. The predicted molar refractivity (Wildman–Crippen MR) is 134 cm³/mol. The van der Waals surface area contributed by atoms with Crippen LogP contribution in [0.3, 0.4) is 0 Å². The van der Waals surface area contributed by atoms with Crippen LogP contribution >= 0.6 is 0 Å². The van der Waals surface area contributed by atoms with E-state index in [2.05, 4.69) is 18.0 Å². The summed E-state index contributed by atoms with van der Waals surface area (Å²) in [5, 5.41) is 18.0. The summed E-state index contributed by atoms with van der Waals surface area (Å²) in [6, 6.07) is 14.5. The average molecular weight is 490 g/mol. The maximum atomic E-state index is 12.8. The van der Waals surface area contributed by atoms with Crippen LogP contribution in [0.5, 0.6) is 0 Å². The van der Waals surface area contributed by atoms with E-state index in [9.17, 15) is 13.2 Å². The number of imidazole rings is 1. The number of nitrogens with zero attached hydrogens (tertiary/aromatic N) is 4. The van der Waals surface area contributed by atoms with Gasteiger partial charge in [-0.15, -0.1) is 0 Å². The molecule has 1 aliphatic rings. The smallest absolute Gasteiger partial charge is 0.332 e. The molecule has 0 saturated heterocycles. The summed E-state index contributed by atoms with van der Waals surface area (Å²) in [4.78, 5) is 6.43. The summed E-state index contributed by atoms with van der Waals surface area (Å²) in [5.74, 6) is 0.431. The molecule has 0 bridgehead atoms. The fourth-order valence-corrected chi connectivity index (χ4v) is 4.24. The second-order valence-corrected chi connectivity index (χ2v) is 8.93. The molecule has 2 heterocycles. The molecule has 1 unspecified atom stereocenters. The van der Waals surface area contributed by atoms with Crippen LogP contribution in [0.2, 0.25) is 0 Å². The average Bonchev–Trinajstić information content (AvgIpc) is 3.29. The number of nitrogens with one attached hydrogen (secondary N) is 1. The molecule has 0 saturated carbocycles. The third-order valence-electron chi connectivity index (χ3n) is 6.23. The summed E-state index contributed by atoms with van der Waals surface area (Å²) < 4.78 is 40.4. The Hall–Kier alpha value is -4.12. The second kappa shape index (κ2) is 10.2. The van der Waals surface area contributed by atoms with Gasteiger partial charge in [-0.25, -0.2) is 4.98 Å². The number of hydrogen-bond donors (Lipinski definition) is 1. The highest BCUT2D eigenvalue weighted by Gasteiger charge is 2.30. The van der Waals surface area contributed by atoms with Gasteiger partial charge in [0, 0.05) is 24.4 Å². The Bertz CT molecular complexity index is 1340. The quantitative estimate of drug-likeness (QED) is 0.424. The zero-order valence-corrected chi connectivity index (χ0v) is 20.0. The van der Waals surface area contributed by atoms with Gasteiger partial charge in [-0.05, 0) is 61.7 Å². The van der Waals surface area contributed by atoms with Crippen LogP contribution in [-0.2, 0) is 6.18 Å². The number of fused-ring (bicyclic) bond motifs is 1. The van der Waals surface area contributed by atoms with Crippen molar-refractivity contribution >= 4 is 11.9 Å². The molecule has 0 spiro atoms. The van der Waals surface area contributed by atoms with E-state index in [0.717, 1.165) is 35.5 Å². The van der Waals surface area contributed by atoms with E-state index < -0.39 is 11.7 Å². The molecule has 1 aromatic heterocycles. The molecule has 1 aliphatic heterocycles. The normalized spacial score (nSPS) is 16.3. The zero-order valence-electron chi connectivity index (χ0n) is 20.0. The summed E-state index contributed by atoms with van der Waals surface area (Å²) in [7, 11) is 0. The molecule has 8 heteroatoms. The van der Waals surface area contributed by atoms with Crippen molar-refractivity contribution in [3.05, 3.63) is 101 Å². The van der Waals surface area contributed by atoms with Gasteiger partial charge in [0.2, 0.25) is 0 Å². The van der Waals surface area contributed by atoms with Crippen molar-refractivity contribution in [1.29, 1.82) is 10.7 Å². The highest BCUT2D eigenvalue weighted by molar-refractivity contribution is 5.96. The molecule has 0 fully saturated rings. The number of alkyl halides is 3. The molecule has 4 rings (SSSR count). The van der Waals surface area contributed by atoms with Crippen molar-refractivity contribution in [3.8, 4) is 11.8 Å². The predicted octanol–water partition coefficient (Wildman–Crippen LogP) is 6.90. The largest absolute Gasteiger partial charge is 0.416 e. The van der Waals surface area contributed by atoms with Crippen LogP contribution < -0.4 is 0 Å². The Morgan fingerprint density at radius 3 is 2.50 bits per heavy atom. The first-order valence-corrected chi connectivity index (χ1v) is 11.6. The molecule has 1 atom stereocenters. The van der Waals surface area contributed by atoms with Crippen LogP contribution in [-0.4, -0.2) is 26.8 Å². The summed E-state index contributed by atoms with van der Waals surface area (Å²) in [6.07, 6.45) is 4.61. The molecule has 36 heavy (non-hydrogen) atoms. The lowest BCUT2D eigenvalue weighted by Crippen LogP contribution is -2.29. The number of halogens is 3. The van der Waals surface area contributed by atoms with Gasteiger partial charge in [-0.2, -0.15) is 18.4 Å². The van der Waals surface area contributed by atoms with Gasteiger partial charge in [0.1, 0.15) is 12.0 Å². The van der Waals surface area contributed by atoms with E-state index in [1.165, 1.54) is 12.1 Å². The molecule has 0 aliphatic carbocycles. The van der Waals surface area contributed by atoms with Crippen LogP contribution in [0.4, 0.5) is 13.2 Å². The maximum absolute atomic E-state index is 12.8. The van der Waals surface area contributed by atoms with Crippen molar-refractivity contribution < 1.29 is 13.2 Å². The van der Waals surface area contributed by atoms with Crippen molar-refractivity contribution in [2.24, 2.45) is 0 Å². The van der Waals surface area contributed by atoms with Crippen molar-refractivity contribution in [2.45, 2.75) is 38.8 Å². The van der Waals surface area contributed by atoms with Gasteiger partial charge < -0.3 is 9.47 Å². The minimum Gasteiger partial charge on any atom is -0.332 e.